The number of nitrogens with zero attached hydrogens (tertiary/aromatic N) is 3. The summed E-state index contributed by atoms with van der Waals surface area (Å²) in [7, 11) is 5.53. The predicted octanol–water partition coefficient (Wildman–Crippen LogP) is 0.626. The molecule has 108 valence electrons. The molecule has 2 N–H and O–H groups in total. The molecular weight excluding hydrogens is 254 g/mol. The van der Waals surface area contributed by atoms with Gasteiger partial charge in [0.2, 0.25) is 5.91 Å². The highest BCUT2D eigenvalue weighted by Gasteiger charge is 2.15. The molecule has 0 saturated carbocycles. The predicted molar refractivity (Wildman–Crippen MR) is 79.9 cm³/mol. The number of rotatable bonds is 6. The maximum Gasteiger partial charge on any atom is 0.221 e. The third-order valence-corrected chi connectivity index (χ3v) is 3.27. The van der Waals surface area contributed by atoms with E-state index in [1.165, 1.54) is 0 Å². The first-order valence-electron chi connectivity index (χ1n) is 6.69. The Morgan fingerprint density at radius 1 is 1.40 bits per heavy atom. The lowest BCUT2D eigenvalue weighted by Crippen LogP contribution is -2.27. The van der Waals surface area contributed by atoms with Gasteiger partial charge in [-0.25, -0.2) is 4.98 Å². The molecule has 2 aromatic rings. The van der Waals surface area contributed by atoms with Gasteiger partial charge < -0.3 is 19.9 Å². The summed E-state index contributed by atoms with van der Waals surface area (Å²) in [6.45, 7) is 1.37. The number of hydrogen-bond donors (Lipinski definition) is 2. The van der Waals surface area contributed by atoms with Gasteiger partial charge >= 0.3 is 0 Å². The molecule has 6 heteroatoms. The standard InChI is InChI=1S/C14H21N5O/c1-15-10-11-14(18(3)9-7-13(20)16-2)17-12-6-4-5-8-19(11)12/h4-6,8,15H,7,9-10H2,1-3H3,(H,16,20). The number of aromatic nitrogens is 2. The monoisotopic (exact) mass is 275 g/mol. The van der Waals surface area contributed by atoms with Crippen LogP contribution in [0, 0.1) is 0 Å². The number of hydrogen-bond acceptors (Lipinski definition) is 4. The van der Waals surface area contributed by atoms with E-state index in [1.807, 2.05) is 43.4 Å². The van der Waals surface area contributed by atoms with Gasteiger partial charge in [-0.15, -0.1) is 0 Å². The third-order valence-electron chi connectivity index (χ3n) is 3.27. The molecule has 0 bridgehead atoms. The Morgan fingerprint density at radius 3 is 2.90 bits per heavy atom. The van der Waals surface area contributed by atoms with Gasteiger partial charge in [0, 0.05) is 39.8 Å². The van der Waals surface area contributed by atoms with Gasteiger partial charge in [-0.2, -0.15) is 0 Å². The van der Waals surface area contributed by atoms with Crippen LogP contribution in [0.1, 0.15) is 12.1 Å². The normalized spacial score (nSPS) is 10.8. The lowest BCUT2D eigenvalue weighted by molar-refractivity contribution is -0.120. The maximum absolute atomic E-state index is 11.4. The molecule has 0 aliphatic carbocycles. The average molecular weight is 275 g/mol. The fraction of sp³-hybridized carbons (Fsp3) is 0.429. The van der Waals surface area contributed by atoms with Crippen molar-refractivity contribution in [1.82, 2.24) is 20.0 Å². The molecule has 1 amide bonds. The van der Waals surface area contributed by atoms with E-state index in [1.54, 1.807) is 7.05 Å². The smallest absolute Gasteiger partial charge is 0.221 e. The van der Waals surface area contributed by atoms with Crippen molar-refractivity contribution in [1.29, 1.82) is 0 Å². The van der Waals surface area contributed by atoms with E-state index in [2.05, 4.69) is 20.0 Å². The van der Waals surface area contributed by atoms with E-state index in [9.17, 15) is 4.79 Å². The number of fused-ring (bicyclic) bond motifs is 1. The molecule has 0 fully saturated rings. The molecule has 2 aromatic heterocycles. The quantitative estimate of drug-likeness (QED) is 0.811. The number of imidazole rings is 1. The second-order valence-corrected chi connectivity index (χ2v) is 4.69. The van der Waals surface area contributed by atoms with Gasteiger partial charge in [-0.1, -0.05) is 6.07 Å². The molecule has 6 nitrogen and oxygen atoms in total. The van der Waals surface area contributed by atoms with E-state index in [0.29, 0.717) is 13.0 Å². The highest BCUT2D eigenvalue weighted by molar-refractivity contribution is 5.76. The molecule has 0 aliphatic rings. The highest BCUT2D eigenvalue weighted by Crippen LogP contribution is 2.20. The molecule has 0 atom stereocenters. The van der Waals surface area contributed by atoms with Crippen LogP contribution < -0.4 is 15.5 Å². The second kappa shape index (κ2) is 6.38. The van der Waals surface area contributed by atoms with E-state index in [-0.39, 0.29) is 5.91 Å². The molecule has 20 heavy (non-hydrogen) atoms. The van der Waals surface area contributed by atoms with Gasteiger partial charge in [0.15, 0.2) is 5.82 Å². The Balaban J connectivity index is 2.27. The first-order chi connectivity index (χ1) is 9.67. The summed E-state index contributed by atoms with van der Waals surface area (Å²) in [5.41, 5.74) is 2.02. The van der Waals surface area contributed by atoms with E-state index >= 15 is 0 Å². The van der Waals surface area contributed by atoms with Crippen LogP contribution in [0.2, 0.25) is 0 Å². The number of carbonyl (C=O) groups is 1. The molecule has 2 heterocycles. The lowest BCUT2D eigenvalue weighted by Gasteiger charge is -2.17. The zero-order valence-corrected chi connectivity index (χ0v) is 12.2. The Kier molecular flexibility index (Phi) is 4.57. The van der Waals surface area contributed by atoms with Crippen LogP contribution >= 0.6 is 0 Å². The minimum absolute atomic E-state index is 0.0378. The van der Waals surface area contributed by atoms with Crippen LogP contribution in [0.4, 0.5) is 5.82 Å². The fourth-order valence-corrected chi connectivity index (χ4v) is 2.17. The summed E-state index contributed by atoms with van der Waals surface area (Å²) >= 11 is 0. The summed E-state index contributed by atoms with van der Waals surface area (Å²) in [4.78, 5) is 18.0. The van der Waals surface area contributed by atoms with Crippen LogP contribution in [-0.4, -0.2) is 43.0 Å². The highest BCUT2D eigenvalue weighted by atomic mass is 16.1. The van der Waals surface area contributed by atoms with Crippen molar-refractivity contribution in [3.05, 3.63) is 30.1 Å². The Labute approximate surface area is 118 Å². The second-order valence-electron chi connectivity index (χ2n) is 4.69. The third kappa shape index (κ3) is 2.91. The Hall–Kier alpha value is -2.08. The Bertz CT molecular complexity index is 592. The summed E-state index contributed by atoms with van der Waals surface area (Å²) in [6.07, 6.45) is 2.46. The summed E-state index contributed by atoms with van der Waals surface area (Å²) in [6, 6.07) is 5.94. The number of carbonyl (C=O) groups excluding carboxylic acids is 1. The molecular formula is C14H21N5O. The lowest BCUT2D eigenvalue weighted by atomic mass is 10.3. The molecule has 0 unspecified atom stereocenters. The maximum atomic E-state index is 11.4. The summed E-state index contributed by atoms with van der Waals surface area (Å²) in [5, 5.41) is 5.80. The minimum atomic E-state index is 0.0378. The first kappa shape index (κ1) is 14.3. The molecule has 0 radical (unpaired) electrons. The van der Waals surface area contributed by atoms with Gasteiger partial charge in [-0.05, 0) is 19.2 Å². The molecule has 0 saturated heterocycles. The van der Waals surface area contributed by atoms with E-state index < -0.39 is 0 Å². The van der Waals surface area contributed by atoms with Crippen molar-refractivity contribution in [3.63, 3.8) is 0 Å². The Morgan fingerprint density at radius 2 is 2.20 bits per heavy atom. The number of amides is 1. The van der Waals surface area contributed by atoms with Gasteiger partial charge in [0.1, 0.15) is 5.65 Å². The molecule has 0 aromatic carbocycles. The topological polar surface area (TPSA) is 61.7 Å². The minimum Gasteiger partial charge on any atom is -0.359 e. The van der Waals surface area contributed by atoms with Crippen LogP contribution in [-0.2, 0) is 11.3 Å². The van der Waals surface area contributed by atoms with E-state index in [4.69, 9.17) is 0 Å². The van der Waals surface area contributed by atoms with Crippen molar-refractivity contribution in [2.24, 2.45) is 0 Å². The van der Waals surface area contributed by atoms with Gasteiger partial charge in [-0.3, -0.25) is 4.79 Å². The zero-order chi connectivity index (χ0) is 14.5. The van der Waals surface area contributed by atoms with Crippen LogP contribution in [0.25, 0.3) is 5.65 Å². The number of anilines is 1. The molecule has 0 spiro atoms. The van der Waals surface area contributed by atoms with Crippen molar-refractivity contribution in [2.75, 3.05) is 32.6 Å². The summed E-state index contributed by atoms with van der Waals surface area (Å²) < 4.78 is 2.07. The molecule has 2 rings (SSSR count). The van der Waals surface area contributed by atoms with Crippen molar-refractivity contribution in [3.8, 4) is 0 Å². The van der Waals surface area contributed by atoms with Crippen LogP contribution in [0.15, 0.2) is 24.4 Å². The SMILES string of the molecule is CNCc1c(N(C)CCC(=O)NC)nc2ccccn12. The largest absolute Gasteiger partial charge is 0.359 e. The van der Waals surface area contributed by atoms with Gasteiger partial charge in [0.05, 0.1) is 5.69 Å². The zero-order valence-electron chi connectivity index (χ0n) is 12.2. The molecule has 0 aliphatic heterocycles. The van der Waals surface area contributed by atoms with Crippen LogP contribution in [0.3, 0.4) is 0 Å². The van der Waals surface area contributed by atoms with E-state index in [0.717, 1.165) is 23.7 Å². The van der Waals surface area contributed by atoms with Gasteiger partial charge in [0.25, 0.3) is 0 Å². The first-order valence-corrected chi connectivity index (χ1v) is 6.69. The van der Waals surface area contributed by atoms with Crippen molar-refractivity contribution in [2.45, 2.75) is 13.0 Å². The number of nitrogens with one attached hydrogen (secondary N) is 2. The van der Waals surface area contributed by atoms with Crippen molar-refractivity contribution < 1.29 is 4.79 Å². The summed E-state index contributed by atoms with van der Waals surface area (Å²) in [5.74, 6) is 0.949. The fourth-order valence-electron chi connectivity index (χ4n) is 2.17. The van der Waals surface area contributed by atoms with Crippen molar-refractivity contribution >= 4 is 17.4 Å². The number of pyridine rings is 1. The average Bonchev–Trinajstić information content (AvgIpc) is 2.84. The van der Waals surface area contributed by atoms with Crippen LogP contribution in [0.5, 0.6) is 0 Å².